The molecule has 0 atom stereocenters. The molecule has 6 heteroatoms. The lowest BCUT2D eigenvalue weighted by Gasteiger charge is -1.96. The average Bonchev–Trinajstić information content (AvgIpc) is 2.72. The molecule has 0 unspecified atom stereocenters. The van der Waals surface area contributed by atoms with Crippen LogP contribution in [0.4, 0.5) is 0 Å². The molecule has 0 N–H and O–H groups in total. The van der Waals surface area contributed by atoms with Gasteiger partial charge in [0.25, 0.3) is 0 Å². The van der Waals surface area contributed by atoms with E-state index < -0.39 is 0 Å². The van der Waals surface area contributed by atoms with Crippen LogP contribution in [0.2, 0.25) is 0 Å². The molecule has 70 valence electrons. The predicted molar refractivity (Wildman–Crippen MR) is 65.9 cm³/mol. The van der Waals surface area contributed by atoms with Gasteiger partial charge < -0.3 is 0 Å². The highest BCUT2D eigenvalue weighted by Gasteiger charge is 2.09. The summed E-state index contributed by atoms with van der Waals surface area (Å²) in [5, 5.41) is 0. The fraction of sp³-hybridized carbons (Fsp3) is 0.429. The molecule has 0 bridgehead atoms. The molecule has 13 heavy (non-hydrogen) atoms. The van der Waals surface area contributed by atoms with Crippen molar-refractivity contribution >= 4 is 55.4 Å². The van der Waals surface area contributed by atoms with Crippen LogP contribution in [-0.4, -0.2) is 21.0 Å². The molecule has 0 amide bonds. The molecular formula is C7H7BrN2S3. The van der Waals surface area contributed by atoms with E-state index in [1.165, 1.54) is 9.25 Å². The van der Waals surface area contributed by atoms with E-state index in [0.717, 1.165) is 22.5 Å². The minimum Gasteiger partial charge on any atom is -0.271 e. The summed E-state index contributed by atoms with van der Waals surface area (Å²) in [4.78, 5) is 5.67. The third kappa shape index (κ3) is 2.71. The van der Waals surface area contributed by atoms with Gasteiger partial charge in [-0.05, 0) is 27.5 Å². The standard InChI is InChI=1S/C7H7BrN2S3/c8-5-3-10-13-6(5)4-12-7-9-1-2-11-7/h3H,1-2,4H2. The summed E-state index contributed by atoms with van der Waals surface area (Å²) >= 11 is 8.68. The van der Waals surface area contributed by atoms with Crippen molar-refractivity contribution in [3.63, 3.8) is 0 Å². The number of nitrogens with zero attached hydrogens (tertiary/aromatic N) is 2. The zero-order valence-corrected chi connectivity index (χ0v) is 10.7. The van der Waals surface area contributed by atoms with Gasteiger partial charge in [-0.15, -0.1) is 0 Å². The van der Waals surface area contributed by atoms with E-state index in [1.807, 2.05) is 29.7 Å². The molecule has 0 fully saturated rings. The number of rotatable bonds is 2. The fourth-order valence-electron chi connectivity index (χ4n) is 0.877. The quantitative estimate of drug-likeness (QED) is 0.837. The van der Waals surface area contributed by atoms with Crippen LogP contribution < -0.4 is 0 Å². The molecule has 0 saturated heterocycles. The third-order valence-electron chi connectivity index (χ3n) is 1.48. The molecule has 0 radical (unpaired) electrons. The number of aliphatic imine (C=N–C) groups is 1. The van der Waals surface area contributed by atoms with E-state index in [2.05, 4.69) is 25.3 Å². The molecule has 0 spiro atoms. The lowest BCUT2D eigenvalue weighted by Crippen LogP contribution is -1.81. The van der Waals surface area contributed by atoms with Crippen molar-refractivity contribution in [2.75, 3.05) is 12.3 Å². The van der Waals surface area contributed by atoms with Crippen LogP contribution in [0.15, 0.2) is 15.7 Å². The van der Waals surface area contributed by atoms with Gasteiger partial charge in [-0.3, -0.25) is 4.99 Å². The highest BCUT2D eigenvalue weighted by molar-refractivity contribution is 9.10. The van der Waals surface area contributed by atoms with Gasteiger partial charge in [0.15, 0.2) is 0 Å². The van der Waals surface area contributed by atoms with Crippen molar-refractivity contribution in [2.45, 2.75) is 5.75 Å². The van der Waals surface area contributed by atoms with E-state index in [9.17, 15) is 0 Å². The van der Waals surface area contributed by atoms with Crippen LogP contribution in [-0.2, 0) is 5.75 Å². The Morgan fingerprint density at radius 2 is 2.54 bits per heavy atom. The number of hydrogen-bond acceptors (Lipinski definition) is 5. The molecular weight excluding hydrogens is 288 g/mol. The van der Waals surface area contributed by atoms with Gasteiger partial charge >= 0.3 is 0 Å². The highest BCUT2D eigenvalue weighted by Crippen LogP contribution is 2.29. The minimum atomic E-state index is 0.983. The Hall–Kier alpha value is 0.480. The van der Waals surface area contributed by atoms with Gasteiger partial charge in [-0.25, -0.2) is 0 Å². The van der Waals surface area contributed by atoms with Crippen LogP contribution in [0.3, 0.4) is 0 Å². The summed E-state index contributed by atoms with van der Waals surface area (Å²) in [5.74, 6) is 2.13. The molecule has 1 aliphatic heterocycles. The topological polar surface area (TPSA) is 25.2 Å². The monoisotopic (exact) mass is 294 g/mol. The molecule has 0 aromatic carbocycles. The average molecular weight is 295 g/mol. The predicted octanol–water partition coefficient (Wildman–Crippen LogP) is 3.24. The van der Waals surface area contributed by atoms with Crippen molar-refractivity contribution in [3.8, 4) is 0 Å². The van der Waals surface area contributed by atoms with E-state index >= 15 is 0 Å². The van der Waals surface area contributed by atoms with E-state index in [4.69, 9.17) is 0 Å². The second-order valence-electron chi connectivity index (χ2n) is 2.38. The number of halogens is 1. The van der Waals surface area contributed by atoms with Crippen molar-refractivity contribution in [2.24, 2.45) is 4.99 Å². The maximum Gasteiger partial charge on any atom is 0.125 e. The van der Waals surface area contributed by atoms with E-state index in [0.29, 0.717) is 0 Å². The molecule has 2 heterocycles. The minimum absolute atomic E-state index is 0.983. The van der Waals surface area contributed by atoms with Gasteiger partial charge in [0, 0.05) is 16.4 Å². The lowest BCUT2D eigenvalue weighted by atomic mass is 10.6. The molecule has 2 rings (SSSR count). The Morgan fingerprint density at radius 1 is 1.62 bits per heavy atom. The Kier molecular flexibility index (Phi) is 3.71. The zero-order chi connectivity index (χ0) is 9.10. The van der Waals surface area contributed by atoms with Crippen LogP contribution in [0.5, 0.6) is 0 Å². The zero-order valence-electron chi connectivity index (χ0n) is 6.70. The summed E-state index contributed by atoms with van der Waals surface area (Å²) < 4.78 is 6.44. The summed E-state index contributed by atoms with van der Waals surface area (Å²) in [6.07, 6.45) is 1.85. The summed E-state index contributed by atoms with van der Waals surface area (Å²) in [6.45, 7) is 0.983. The Bertz CT molecular complexity index is 323. The second-order valence-corrected chi connectivity index (χ2v) is 6.43. The molecule has 1 aliphatic rings. The summed E-state index contributed by atoms with van der Waals surface area (Å²) in [6, 6.07) is 0. The first-order valence-corrected chi connectivity index (χ1v) is 7.29. The normalized spacial score (nSPS) is 16.2. The maximum absolute atomic E-state index is 4.38. The SMILES string of the molecule is Brc1cnsc1CSC1=NCCS1. The van der Waals surface area contributed by atoms with Crippen molar-refractivity contribution in [1.82, 2.24) is 4.37 Å². The van der Waals surface area contributed by atoms with Crippen LogP contribution in [0.1, 0.15) is 4.88 Å². The summed E-state index contributed by atoms with van der Waals surface area (Å²) in [7, 11) is 0. The van der Waals surface area contributed by atoms with Gasteiger partial charge in [-0.2, -0.15) is 4.37 Å². The molecule has 1 aromatic rings. The van der Waals surface area contributed by atoms with Crippen molar-refractivity contribution in [3.05, 3.63) is 15.5 Å². The van der Waals surface area contributed by atoms with E-state index in [1.54, 1.807) is 11.5 Å². The van der Waals surface area contributed by atoms with Crippen LogP contribution in [0, 0.1) is 0 Å². The van der Waals surface area contributed by atoms with Crippen LogP contribution >= 0.6 is 51.0 Å². The van der Waals surface area contributed by atoms with Gasteiger partial charge in [0.05, 0.1) is 17.2 Å². The molecule has 0 aliphatic carbocycles. The van der Waals surface area contributed by atoms with Crippen molar-refractivity contribution in [1.29, 1.82) is 0 Å². The first kappa shape index (κ1) is 10.0. The van der Waals surface area contributed by atoms with Gasteiger partial charge in [0.1, 0.15) is 4.38 Å². The summed E-state index contributed by atoms with van der Waals surface area (Å²) in [5.41, 5.74) is 0. The van der Waals surface area contributed by atoms with Gasteiger partial charge in [0.2, 0.25) is 0 Å². The highest BCUT2D eigenvalue weighted by atomic mass is 79.9. The Balaban J connectivity index is 1.89. The smallest absolute Gasteiger partial charge is 0.125 e. The van der Waals surface area contributed by atoms with Gasteiger partial charge in [-0.1, -0.05) is 23.5 Å². The molecule has 2 nitrogen and oxygen atoms in total. The first-order chi connectivity index (χ1) is 6.36. The number of thioether (sulfide) groups is 2. The third-order valence-corrected chi connectivity index (χ3v) is 5.68. The largest absolute Gasteiger partial charge is 0.271 e. The molecule has 0 saturated carbocycles. The number of aromatic nitrogens is 1. The van der Waals surface area contributed by atoms with Crippen molar-refractivity contribution < 1.29 is 0 Å². The van der Waals surface area contributed by atoms with E-state index in [-0.39, 0.29) is 0 Å². The van der Waals surface area contributed by atoms with Crippen LogP contribution in [0.25, 0.3) is 0 Å². The fourth-order valence-corrected chi connectivity index (χ4v) is 4.36. The second kappa shape index (κ2) is 4.82. The number of hydrogen-bond donors (Lipinski definition) is 0. The first-order valence-electron chi connectivity index (χ1n) is 3.75. The Morgan fingerprint density at radius 3 is 3.15 bits per heavy atom. The Labute approximate surface area is 97.9 Å². The molecule has 1 aromatic heterocycles. The maximum atomic E-state index is 4.38. The lowest BCUT2D eigenvalue weighted by molar-refractivity contribution is 1.18.